The molecule has 1 heterocycles. The highest BCUT2D eigenvalue weighted by Gasteiger charge is 2.12. The molecule has 26 heavy (non-hydrogen) atoms. The van der Waals surface area contributed by atoms with Crippen LogP contribution in [0, 0.1) is 5.92 Å². The van der Waals surface area contributed by atoms with Gasteiger partial charge in [0.25, 0.3) is 11.8 Å². The van der Waals surface area contributed by atoms with E-state index in [1.165, 1.54) is 17.4 Å². The van der Waals surface area contributed by atoms with Crippen LogP contribution in [0.3, 0.4) is 0 Å². The van der Waals surface area contributed by atoms with Crippen LogP contribution in [0.1, 0.15) is 40.3 Å². The fourth-order valence-corrected chi connectivity index (χ4v) is 2.71. The molecule has 0 spiro atoms. The van der Waals surface area contributed by atoms with Crippen LogP contribution in [0.25, 0.3) is 0 Å². The Labute approximate surface area is 156 Å². The maximum atomic E-state index is 12.1. The van der Waals surface area contributed by atoms with E-state index in [0.29, 0.717) is 23.0 Å². The number of hydrogen-bond donors (Lipinski definition) is 2. The third kappa shape index (κ3) is 6.33. The first-order valence-electron chi connectivity index (χ1n) is 8.34. The predicted octanol–water partition coefficient (Wildman–Crippen LogP) is 3.32. The highest BCUT2D eigenvalue weighted by Crippen LogP contribution is 2.15. The van der Waals surface area contributed by atoms with Gasteiger partial charge in [-0.15, -0.1) is 11.3 Å². The molecule has 0 fully saturated rings. The van der Waals surface area contributed by atoms with Gasteiger partial charge in [-0.25, -0.2) is 4.79 Å². The Hall–Kier alpha value is -2.67. The van der Waals surface area contributed by atoms with Crippen molar-refractivity contribution in [2.45, 2.75) is 20.3 Å². The Morgan fingerprint density at radius 2 is 1.96 bits per heavy atom. The number of hydrogen-bond acceptors (Lipinski definition) is 5. The maximum absolute atomic E-state index is 12.1. The van der Waals surface area contributed by atoms with E-state index in [1.807, 2.05) is 5.38 Å². The first-order chi connectivity index (χ1) is 12.5. The molecule has 0 unspecified atom stereocenters. The molecule has 0 aliphatic heterocycles. The Balaban J connectivity index is 1.85. The topological polar surface area (TPSA) is 84.5 Å². The monoisotopic (exact) mass is 374 g/mol. The van der Waals surface area contributed by atoms with E-state index in [2.05, 4.69) is 24.5 Å². The van der Waals surface area contributed by atoms with Crippen molar-refractivity contribution in [3.05, 3.63) is 52.2 Å². The molecule has 0 aliphatic rings. The lowest BCUT2D eigenvalue weighted by Gasteiger charge is -2.09. The van der Waals surface area contributed by atoms with Gasteiger partial charge in [-0.2, -0.15) is 0 Å². The minimum absolute atomic E-state index is 0.241. The van der Waals surface area contributed by atoms with E-state index in [4.69, 9.17) is 4.74 Å². The molecule has 2 amide bonds. The van der Waals surface area contributed by atoms with Crippen LogP contribution in [-0.4, -0.2) is 30.9 Å². The number of carbonyl (C=O) groups excluding carboxylic acids is 3. The van der Waals surface area contributed by atoms with E-state index >= 15 is 0 Å². The number of anilines is 1. The van der Waals surface area contributed by atoms with Crippen molar-refractivity contribution in [3.63, 3.8) is 0 Å². The second kappa shape index (κ2) is 9.72. The summed E-state index contributed by atoms with van der Waals surface area (Å²) in [4.78, 5) is 36.4. The number of nitrogens with one attached hydrogen (secondary N) is 2. The molecule has 2 rings (SSSR count). The van der Waals surface area contributed by atoms with E-state index in [1.54, 1.807) is 30.3 Å². The van der Waals surface area contributed by atoms with Crippen LogP contribution in [-0.2, 0) is 9.53 Å². The summed E-state index contributed by atoms with van der Waals surface area (Å²) in [5, 5.41) is 7.24. The molecule has 138 valence electrons. The van der Waals surface area contributed by atoms with Gasteiger partial charge >= 0.3 is 5.97 Å². The zero-order chi connectivity index (χ0) is 18.9. The lowest BCUT2D eigenvalue weighted by Crippen LogP contribution is -2.30. The van der Waals surface area contributed by atoms with Gasteiger partial charge in [0.1, 0.15) is 0 Å². The van der Waals surface area contributed by atoms with Gasteiger partial charge in [0.15, 0.2) is 6.61 Å². The normalized spacial score (nSPS) is 10.4. The van der Waals surface area contributed by atoms with Crippen molar-refractivity contribution in [2.75, 3.05) is 18.5 Å². The highest BCUT2D eigenvalue weighted by atomic mass is 32.1. The van der Waals surface area contributed by atoms with Gasteiger partial charge in [0, 0.05) is 12.2 Å². The summed E-state index contributed by atoms with van der Waals surface area (Å²) in [5.41, 5.74) is 0.753. The first-order valence-corrected chi connectivity index (χ1v) is 9.22. The second-order valence-corrected chi connectivity index (χ2v) is 7.07. The molecule has 2 N–H and O–H groups in total. The van der Waals surface area contributed by atoms with Gasteiger partial charge < -0.3 is 15.4 Å². The summed E-state index contributed by atoms with van der Waals surface area (Å²) in [6.45, 7) is 4.35. The summed E-state index contributed by atoms with van der Waals surface area (Å²) in [7, 11) is 0. The third-order valence-electron chi connectivity index (χ3n) is 3.48. The molecule has 0 aliphatic carbocycles. The van der Waals surface area contributed by atoms with Crippen molar-refractivity contribution >= 4 is 34.8 Å². The standard InChI is InChI=1S/C19H22N2O4S/c1-13(2)8-9-20-17(22)12-25-19(24)14-5-3-6-15(11-14)21-18(23)16-7-4-10-26-16/h3-7,10-11,13H,8-9,12H2,1-2H3,(H,20,22)(H,21,23). The lowest BCUT2D eigenvalue weighted by molar-refractivity contribution is -0.124. The summed E-state index contributed by atoms with van der Waals surface area (Å²) in [6.07, 6.45) is 0.867. The van der Waals surface area contributed by atoms with Crippen LogP contribution in [0.15, 0.2) is 41.8 Å². The van der Waals surface area contributed by atoms with E-state index < -0.39 is 5.97 Å². The van der Waals surface area contributed by atoms with Crippen LogP contribution < -0.4 is 10.6 Å². The fourth-order valence-electron chi connectivity index (χ4n) is 2.09. The molecular weight excluding hydrogens is 352 g/mol. The van der Waals surface area contributed by atoms with Crippen LogP contribution >= 0.6 is 11.3 Å². The molecule has 1 aromatic carbocycles. The summed E-state index contributed by atoms with van der Waals surface area (Å²) in [6, 6.07) is 9.92. The van der Waals surface area contributed by atoms with E-state index in [0.717, 1.165) is 6.42 Å². The first kappa shape index (κ1) is 19.7. The molecule has 0 radical (unpaired) electrons. The van der Waals surface area contributed by atoms with Gasteiger partial charge in [-0.3, -0.25) is 9.59 Å². The largest absolute Gasteiger partial charge is 0.452 e. The minimum Gasteiger partial charge on any atom is -0.452 e. The fraction of sp³-hybridized carbons (Fsp3) is 0.316. The molecule has 0 saturated heterocycles. The van der Waals surface area contributed by atoms with E-state index in [-0.39, 0.29) is 24.0 Å². The third-order valence-corrected chi connectivity index (χ3v) is 4.35. The Bertz CT molecular complexity index is 757. The SMILES string of the molecule is CC(C)CCNC(=O)COC(=O)c1cccc(NC(=O)c2cccs2)c1. The maximum Gasteiger partial charge on any atom is 0.338 e. The molecule has 0 bridgehead atoms. The smallest absolute Gasteiger partial charge is 0.338 e. The quantitative estimate of drug-likeness (QED) is 0.694. The van der Waals surface area contributed by atoms with Crippen molar-refractivity contribution in [1.29, 1.82) is 0 Å². The Morgan fingerprint density at radius 1 is 1.15 bits per heavy atom. The number of thiophene rings is 1. The van der Waals surface area contributed by atoms with Gasteiger partial charge in [0.2, 0.25) is 0 Å². The average molecular weight is 374 g/mol. The van der Waals surface area contributed by atoms with Crippen LogP contribution in [0.4, 0.5) is 5.69 Å². The summed E-state index contributed by atoms with van der Waals surface area (Å²) >= 11 is 1.33. The molecular formula is C19H22N2O4S. The second-order valence-electron chi connectivity index (χ2n) is 6.12. The van der Waals surface area contributed by atoms with Gasteiger partial charge in [-0.05, 0) is 42.0 Å². The van der Waals surface area contributed by atoms with Gasteiger partial charge in [-0.1, -0.05) is 26.0 Å². The minimum atomic E-state index is -0.615. The van der Waals surface area contributed by atoms with Crippen molar-refractivity contribution in [1.82, 2.24) is 5.32 Å². The predicted molar refractivity (Wildman–Crippen MR) is 101 cm³/mol. The molecule has 1 aromatic heterocycles. The van der Waals surface area contributed by atoms with Crippen LogP contribution in [0.5, 0.6) is 0 Å². The number of benzene rings is 1. The Morgan fingerprint density at radius 3 is 2.65 bits per heavy atom. The highest BCUT2D eigenvalue weighted by molar-refractivity contribution is 7.12. The molecule has 0 atom stereocenters. The van der Waals surface area contributed by atoms with Crippen molar-refractivity contribution in [2.24, 2.45) is 5.92 Å². The number of ether oxygens (including phenoxy) is 1. The number of esters is 1. The van der Waals surface area contributed by atoms with Crippen molar-refractivity contribution in [3.8, 4) is 0 Å². The average Bonchev–Trinajstić information content (AvgIpc) is 3.14. The summed E-state index contributed by atoms with van der Waals surface area (Å²) < 4.78 is 5.02. The number of rotatable bonds is 8. The van der Waals surface area contributed by atoms with Crippen LogP contribution in [0.2, 0.25) is 0 Å². The van der Waals surface area contributed by atoms with Gasteiger partial charge in [0.05, 0.1) is 10.4 Å². The zero-order valence-corrected chi connectivity index (χ0v) is 15.6. The zero-order valence-electron chi connectivity index (χ0n) is 14.8. The molecule has 6 nitrogen and oxygen atoms in total. The Kier molecular flexibility index (Phi) is 7.35. The molecule has 7 heteroatoms. The van der Waals surface area contributed by atoms with Crippen molar-refractivity contribution < 1.29 is 19.1 Å². The number of amides is 2. The molecule has 0 saturated carbocycles. The lowest BCUT2D eigenvalue weighted by atomic mass is 10.1. The molecule has 2 aromatic rings. The number of carbonyl (C=O) groups is 3. The summed E-state index contributed by atoms with van der Waals surface area (Å²) in [5.74, 6) is -0.697. The van der Waals surface area contributed by atoms with E-state index in [9.17, 15) is 14.4 Å².